The molecule has 1 amide bonds. The molecule has 1 aromatic rings. The molecule has 88 valence electrons. The molecule has 0 aliphatic heterocycles. The van der Waals surface area contributed by atoms with Gasteiger partial charge in [-0.3, -0.25) is 4.79 Å². The van der Waals surface area contributed by atoms with Crippen molar-refractivity contribution in [1.82, 2.24) is 4.98 Å². The Kier molecular flexibility index (Phi) is 3.91. The van der Waals surface area contributed by atoms with Gasteiger partial charge in [0.1, 0.15) is 5.82 Å². The number of anilines is 1. The van der Waals surface area contributed by atoms with Gasteiger partial charge in [0.2, 0.25) is 5.91 Å². The number of primary amides is 1. The number of carbonyl (C=O) groups is 1. The summed E-state index contributed by atoms with van der Waals surface area (Å²) in [4.78, 5) is 15.2. The van der Waals surface area contributed by atoms with Gasteiger partial charge in [-0.2, -0.15) is 0 Å². The van der Waals surface area contributed by atoms with E-state index in [1.54, 1.807) is 6.20 Å². The fraction of sp³-hybridized carbons (Fsp3) is 0.455. The van der Waals surface area contributed by atoms with E-state index in [4.69, 9.17) is 5.73 Å². The number of rotatable bonds is 4. The highest BCUT2D eigenvalue weighted by Crippen LogP contribution is 2.21. The zero-order chi connectivity index (χ0) is 12.3. The largest absolute Gasteiger partial charge is 0.370 e. The number of aryl methyl sites for hydroxylation is 1. The fourth-order valence-corrected chi connectivity index (χ4v) is 1.92. The van der Waals surface area contributed by atoms with Crippen molar-refractivity contribution < 1.29 is 4.79 Å². The Bertz CT molecular complexity index is 404. The van der Waals surface area contributed by atoms with Gasteiger partial charge in [0.05, 0.1) is 0 Å². The third kappa shape index (κ3) is 3.81. The summed E-state index contributed by atoms with van der Waals surface area (Å²) in [6, 6.07) is 1.97. The molecule has 0 atom stereocenters. The first-order valence-corrected chi connectivity index (χ1v) is 5.78. The minimum Gasteiger partial charge on any atom is -0.370 e. The summed E-state index contributed by atoms with van der Waals surface area (Å²) >= 11 is 3.35. The van der Waals surface area contributed by atoms with Crippen molar-refractivity contribution in [3.63, 3.8) is 0 Å². The second-order valence-electron chi connectivity index (χ2n) is 4.47. The van der Waals surface area contributed by atoms with Crippen molar-refractivity contribution in [3.8, 4) is 0 Å². The van der Waals surface area contributed by atoms with E-state index in [9.17, 15) is 4.79 Å². The molecule has 4 nitrogen and oxygen atoms in total. The molecular formula is C11H16BrN3O. The summed E-state index contributed by atoms with van der Waals surface area (Å²) in [5.74, 6) is 0.446. The van der Waals surface area contributed by atoms with E-state index in [1.807, 2.05) is 26.8 Å². The molecule has 16 heavy (non-hydrogen) atoms. The van der Waals surface area contributed by atoms with Crippen LogP contribution in [0.4, 0.5) is 5.82 Å². The SMILES string of the molecule is Cc1cc(Br)cnc1NC(C)(C)CC(N)=O. The van der Waals surface area contributed by atoms with Crippen LogP contribution in [0.15, 0.2) is 16.7 Å². The molecular weight excluding hydrogens is 270 g/mol. The van der Waals surface area contributed by atoms with Gasteiger partial charge in [0.15, 0.2) is 0 Å². The molecule has 5 heteroatoms. The molecule has 0 fully saturated rings. The van der Waals surface area contributed by atoms with E-state index in [0.29, 0.717) is 0 Å². The maximum absolute atomic E-state index is 10.9. The van der Waals surface area contributed by atoms with Gasteiger partial charge in [0.25, 0.3) is 0 Å². The van der Waals surface area contributed by atoms with Crippen molar-refractivity contribution >= 4 is 27.7 Å². The highest BCUT2D eigenvalue weighted by atomic mass is 79.9. The number of pyridine rings is 1. The zero-order valence-corrected chi connectivity index (χ0v) is 11.3. The molecule has 0 bridgehead atoms. The minimum atomic E-state index is -0.391. The average molecular weight is 286 g/mol. The molecule has 0 saturated carbocycles. The van der Waals surface area contributed by atoms with Gasteiger partial charge in [0, 0.05) is 22.6 Å². The van der Waals surface area contributed by atoms with Crippen LogP contribution in [-0.4, -0.2) is 16.4 Å². The number of carbonyl (C=O) groups excluding carboxylic acids is 1. The number of halogens is 1. The van der Waals surface area contributed by atoms with Gasteiger partial charge in [-0.25, -0.2) is 4.98 Å². The van der Waals surface area contributed by atoms with Gasteiger partial charge < -0.3 is 11.1 Å². The van der Waals surface area contributed by atoms with Crippen LogP contribution < -0.4 is 11.1 Å². The highest BCUT2D eigenvalue weighted by Gasteiger charge is 2.21. The second kappa shape index (κ2) is 4.82. The molecule has 1 heterocycles. The van der Waals surface area contributed by atoms with E-state index in [1.165, 1.54) is 0 Å². The lowest BCUT2D eigenvalue weighted by molar-refractivity contribution is -0.118. The van der Waals surface area contributed by atoms with Gasteiger partial charge in [-0.05, 0) is 48.3 Å². The molecule has 0 aliphatic rings. The van der Waals surface area contributed by atoms with E-state index >= 15 is 0 Å². The van der Waals surface area contributed by atoms with Gasteiger partial charge in [-0.1, -0.05) is 0 Å². The van der Waals surface area contributed by atoms with Crippen LogP contribution in [0.5, 0.6) is 0 Å². The van der Waals surface area contributed by atoms with E-state index in [-0.39, 0.29) is 12.3 Å². The Morgan fingerprint density at radius 1 is 1.62 bits per heavy atom. The number of nitrogens with two attached hydrogens (primary N) is 1. The Labute approximate surface area is 104 Å². The van der Waals surface area contributed by atoms with Crippen LogP contribution in [0.25, 0.3) is 0 Å². The van der Waals surface area contributed by atoms with Crippen LogP contribution in [0, 0.1) is 6.92 Å². The first-order valence-electron chi connectivity index (χ1n) is 4.99. The lowest BCUT2D eigenvalue weighted by atomic mass is 10.00. The molecule has 0 spiro atoms. The number of hydrogen-bond donors (Lipinski definition) is 2. The lowest BCUT2D eigenvalue weighted by Crippen LogP contribution is -2.36. The monoisotopic (exact) mass is 285 g/mol. The molecule has 1 rings (SSSR count). The van der Waals surface area contributed by atoms with Crippen molar-refractivity contribution in [3.05, 3.63) is 22.3 Å². The molecule has 1 aromatic heterocycles. The summed E-state index contributed by atoms with van der Waals surface area (Å²) in [6.45, 7) is 5.79. The Morgan fingerprint density at radius 3 is 2.75 bits per heavy atom. The predicted octanol–water partition coefficient (Wildman–Crippen LogP) is 2.22. The average Bonchev–Trinajstić information content (AvgIpc) is 2.07. The third-order valence-electron chi connectivity index (χ3n) is 2.12. The number of nitrogens with zero attached hydrogens (tertiary/aromatic N) is 1. The summed E-state index contributed by atoms with van der Waals surface area (Å²) in [5, 5.41) is 3.21. The molecule has 0 radical (unpaired) electrons. The maximum atomic E-state index is 10.9. The normalized spacial score (nSPS) is 11.2. The summed E-state index contributed by atoms with van der Waals surface area (Å²) < 4.78 is 0.934. The van der Waals surface area contributed by atoms with Crippen molar-refractivity contribution in [2.24, 2.45) is 5.73 Å². The smallest absolute Gasteiger partial charge is 0.219 e. The van der Waals surface area contributed by atoms with Gasteiger partial charge >= 0.3 is 0 Å². The van der Waals surface area contributed by atoms with E-state index in [0.717, 1.165) is 15.9 Å². The first kappa shape index (κ1) is 13.0. The number of aromatic nitrogens is 1. The van der Waals surface area contributed by atoms with Crippen LogP contribution in [0.2, 0.25) is 0 Å². The van der Waals surface area contributed by atoms with Crippen LogP contribution >= 0.6 is 15.9 Å². The lowest BCUT2D eigenvalue weighted by Gasteiger charge is -2.26. The number of nitrogens with one attached hydrogen (secondary N) is 1. The van der Waals surface area contributed by atoms with Crippen LogP contribution in [0.1, 0.15) is 25.8 Å². The summed E-state index contributed by atoms with van der Waals surface area (Å²) in [6.07, 6.45) is 1.99. The summed E-state index contributed by atoms with van der Waals surface area (Å²) in [7, 11) is 0. The van der Waals surface area contributed by atoms with Gasteiger partial charge in [-0.15, -0.1) is 0 Å². The predicted molar refractivity (Wildman–Crippen MR) is 68.2 cm³/mol. The quantitative estimate of drug-likeness (QED) is 0.891. The van der Waals surface area contributed by atoms with Crippen LogP contribution in [0.3, 0.4) is 0 Å². The fourth-order valence-electron chi connectivity index (χ4n) is 1.47. The number of hydrogen-bond acceptors (Lipinski definition) is 3. The maximum Gasteiger partial charge on any atom is 0.219 e. The molecule has 0 unspecified atom stereocenters. The van der Waals surface area contributed by atoms with Crippen molar-refractivity contribution in [2.75, 3.05) is 5.32 Å². The third-order valence-corrected chi connectivity index (χ3v) is 2.55. The molecule has 0 aromatic carbocycles. The summed E-state index contributed by atoms with van der Waals surface area (Å²) in [5.41, 5.74) is 5.82. The highest BCUT2D eigenvalue weighted by molar-refractivity contribution is 9.10. The Hall–Kier alpha value is -1.10. The van der Waals surface area contributed by atoms with E-state index < -0.39 is 5.54 Å². The standard InChI is InChI=1S/C11H16BrN3O/c1-7-4-8(12)6-14-10(7)15-11(2,3)5-9(13)16/h4,6H,5H2,1-3H3,(H2,13,16)(H,14,15). The Balaban J connectivity index is 2.83. The number of amides is 1. The van der Waals surface area contributed by atoms with Crippen molar-refractivity contribution in [2.45, 2.75) is 32.7 Å². The molecule has 0 aliphatic carbocycles. The van der Waals surface area contributed by atoms with E-state index in [2.05, 4.69) is 26.2 Å². The van der Waals surface area contributed by atoms with Crippen molar-refractivity contribution in [1.29, 1.82) is 0 Å². The first-order chi connectivity index (χ1) is 7.30. The topological polar surface area (TPSA) is 68.0 Å². The minimum absolute atomic E-state index is 0.268. The molecule has 3 N–H and O–H groups in total. The second-order valence-corrected chi connectivity index (χ2v) is 5.39. The Morgan fingerprint density at radius 2 is 2.25 bits per heavy atom. The zero-order valence-electron chi connectivity index (χ0n) is 9.67. The van der Waals surface area contributed by atoms with Crippen LogP contribution in [-0.2, 0) is 4.79 Å². The molecule has 0 saturated heterocycles.